The molecule has 0 aliphatic carbocycles. The third-order valence-corrected chi connectivity index (χ3v) is 4.20. The van der Waals surface area contributed by atoms with Gasteiger partial charge in [-0.05, 0) is 35.4 Å². The second-order valence-corrected chi connectivity index (χ2v) is 5.93. The lowest BCUT2D eigenvalue weighted by molar-refractivity contribution is -0.128. The summed E-state index contributed by atoms with van der Waals surface area (Å²) < 4.78 is 3.82. The molecular weight excluding hydrogens is 344 g/mol. The molecule has 0 atom stereocenters. The van der Waals surface area contributed by atoms with Gasteiger partial charge in [-0.1, -0.05) is 34.8 Å². The fourth-order valence-corrected chi connectivity index (χ4v) is 2.91. The molecule has 1 fully saturated rings. The highest BCUT2D eigenvalue weighted by molar-refractivity contribution is 7.80. The van der Waals surface area contributed by atoms with Crippen LogP contribution >= 0.6 is 23.8 Å². The van der Waals surface area contributed by atoms with Crippen molar-refractivity contribution in [1.29, 1.82) is 0 Å². The molecule has 1 saturated heterocycles. The van der Waals surface area contributed by atoms with E-state index in [-0.39, 0.29) is 17.2 Å². The summed E-state index contributed by atoms with van der Waals surface area (Å²) in [7, 11) is 0. The van der Waals surface area contributed by atoms with Gasteiger partial charge in [-0.3, -0.25) is 19.8 Å². The molecule has 1 aromatic carbocycles. The molecular formula is C16H12N4O2S2. The molecule has 6 nitrogen and oxygen atoms in total. The lowest BCUT2D eigenvalue weighted by atomic mass is 10.1. The van der Waals surface area contributed by atoms with E-state index in [2.05, 4.69) is 21.5 Å². The van der Waals surface area contributed by atoms with Crippen LogP contribution < -0.4 is 5.32 Å². The van der Waals surface area contributed by atoms with Crippen molar-refractivity contribution in [3.8, 4) is 11.3 Å². The first-order chi connectivity index (χ1) is 11.6. The van der Waals surface area contributed by atoms with Crippen molar-refractivity contribution >= 4 is 46.8 Å². The van der Waals surface area contributed by atoms with Crippen LogP contribution in [-0.4, -0.2) is 38.0 Å². The Bertz CT molecular complexity index is 841. The van der Waals surface area contributed by atoms with E-state index in [9.17, 15) is 9.59 Å². The van der Waals surface area contributed by atoms with Gasteiger partial charge in [0.1, 0.15) is 11.3 Å². The Morgan fingerprint density at radius 2 is 2.04 bits per heavy atom. The number of carbonyl (C=O) groups excluding carboxylic acids is 2. The minimum Gasteiger partial charge on any atom is -0.298 e. The third-order valence-electron chi connectivity index (χ3n) is 3.37. The Hall–Kier alpha value is -2.71. The molecule has 1 aliphatic heterocycles. The summed E-state index contributed by atoms with van der Waals surface area (Å²) in [5.41, 5.74) is 2.47. The van der Waals surface area contributed by atoms with Gasteiger partial charge in [0.2, 0.25) is 0 Å². The Balaban J connectivity index is 1.89. The Morgan fingerprint density at radius 3 is 2.67 bits per heavy atom. The monoisotopic (exact) mass is 356 g/mol. The predicted octanol–water partition coefficient (Wildman–Crippen LogP) is 2.02. The second-order valence-electron chi connectivity index (χ2n) is 4.93. The summed E-state index contributed by atoms with van der Waals surface area (Å²) >= 11 is 6.29. The lowest BCUT2D eigenvalue weighted by Crippen LogP contribution is -2.53. The molecule has 1 aromatic heterocycles. The molecule has 24 heavy (non-hydrogen) atoms. The zero-order valence-electron chi connectivity index (χ0n) is 12.4. The van der Waals surface area contributed by atoms with Crippen molar-refractivity contribution in [2.24, 2.45) is 0 Å². The predicted molar refractivity (Wildman–Crippen MR) is 96.0 cm³/mol. The summed E-state index contributed by atoms with van der Waals surface area (Å²) in [6, 6.07) is 7.35. The fourth-order valence-electron chi connectivity index (χ4n) is 2.20. The van der Waals surface area contributed by atoms with Crippen LogP contribution in [0.4, 0.5) is 0 Å². The van der Waals surface area contributed by atoms with E-state index >= 15 is 0 Å². The number of aromatic nitrogens is 2. The normalized spacial score (nSPS) is 16.4. The van der Waals surface area contributed by atoms with E-state index in [1.807, 2.05) is 29.6 Å². The van der Waals surface area contributed by atoms with Gasteiger partial charge in [0, 0.05) is 17.5 Å². The summed E-state index contributed by atoms with van der Waals surface area (Å²) in [6.45, 7) is 3.83. The van der Waals surface area contributed by atoms with E-state index in [4.69, 9.17) is 12.2 Å². The highest BCUT2D eigenvalue weighted by Crippen LogP contribution is 2.20. The fraction of sp³-hybridized carbons (Fsp3) is 0.0625. The highest BCUT2D eigenvalue weighted by Gasteiger charge is 2.32. The molecule has 0 radical (unpaired) electrons. The number of thiocarbonyl (C=S) groups is 1. The first-order valence-corrected chi connectivity index (χ1v) is 8.22. The molecule has 8 heteroatoms. The number of hydrogen-bond acceptors (Lipinski definition) is 6. The number of amides is 2. The third kappa shape index (κ3) is 3.15. The second kappa shape index (κ2) is 6.81. The van der Waals surface area contributed by atoms with Gasteiger partial charge >= 0.3 is 0 Å². The van der Waals surface area contributed by atoms with Crippen LogP contribution in [0, 0.1) is 0 Å². The molecule has 0 unspecified atom stereocenters. The maximum absolute atomic E-state index is 12.4. The molecule has 1 N–H and O–H groups in total. The smallest absolute Gasteiger partial charge is 0.265 e. The van der Waals surface area contributed by atoms with Crippen molar-refractivity contribution in [3.63, 3.8) is 0 Å². The van der Waals surface area contributed by atoms with Gasteiger partial charge in [-0.2, -0.15) is 0 Å². The molecule has 2 heterocycles. The van der Waals surface area contributed by atoms with Crippen LogP contribution in [0.15, 0.2) is 47.9 Å². The topological polar surface area (TPSA) is 75.2 Å². The summed E-state index contributed by atoms with van der Waals surface area (Å²) in [4.78, 5) is 25.8. The van der Waals surface area contributed by atoms with E-state index in [1.165, 1.54) is 16.4 Å². The Kier molecular flexibility index (Phi) is 4.59. The van der Waals surface area contributed by atoms with Crippen molar-refractivity contribution in [2.75, 3.05) is 6.54 Å². The molecule has 0 spiro atoms. The molecule has 3 rings (SSSR count). The quantitative estimate of drug-likeness (QED) is 0.393. The minimum absolute atomic E-state index is 0.0357. The van der Waals surface area contributed by atoms with Crippen molar-refractivity contribution in [2.45, 2.75) is 0 Å². The minimum atomic E-state index is -0.502. The highest BCUT2D eigenvalue weighted by atomic mass is 32.1. The maximum atomic E-state index is 12.4. The molecule has 2 amide bonds. The molecule has 2 aromatic rings. The average Bonchev–Trinajstić information content (AvgIpc) is 3.10. The van der Waals surface area contributed by atoms with Gasteiger partial charge in [-0.25, -0.2) is 0 Å². The average molecular weight is 356 g/mol. The van der Waals surface area contributed by atoms with Crippen LogP contribution in [-0.2, 0) is 9.59 Å². The summed E-state index contributed by atoms with van der Waals surface area (Å²) in [5.74, 6) is -0.936. The van der Waals surface area contributed by atoms with E-state index in [0.717, 1.165) is 16.8 Å². The lowest BCUT2D eigenvalue weighted by Gasteiger charge is -2.27. The summed E-state index contributed by atoms with van der Waals surface area (Å²) in [5, 5.41) is 8.45. The molecule has 0 saturated carbocycles. The number of hydrogen-bond donors (Lipinski definition) is 1. The van der Waals surface area contributed by atoms with Gasteiger partial charge < -0.3 is 0 Å². The first kappa shape index (κ1) is 16.2. The van der Waals surface area contributed by atoms with Crippen LogP contribution in [0.3, 0.4) is 0 Å². The van der Waals surface area contributed by atoms with E-state index in [0.29, 0.717) is 0 Å². The van der Waals surface area contributed by atoms with E-state index in [1.54, 1.807) is 12.2 Å². The van der Waals surface area contributed by atoms with Crippen molar-refractivity contribution < 1.29 is 9.59 Å². The van der Waals surface area contributed by atoms with Gasteiger partial charge in [0.05, 0.1) is 0 Å². The van der Waals surface area contributed by atoms with Crippen molar-refractivity contribution in [3.05, 3.63) is 53.4 Å². The SMILES string of the molecule is C=CCN1C(=O)C(=Cc2ccc(-c3csnn3)cc2)C(=O)NC1=S. The number of nitrogens with one attached hydrogen (secondary N) is 1. The van der Waals surface area contributed by atoms with Gasteiger partial charge in [0.25, 0.3) is 11.8 Å². The molecule has 1 aliphatic rings. The summed E-state index contributed by atoms with van der Waals surface area (Å²) in [6.07, 6.45) is 3.09. The standard InChI is InChI=1S/C16H12N4O2S2/c1-2-7-20-15(22)12(14(21)17-16(20)23)8-10-3-5-11(6-4-10)13-9-24-19-18-13/h2-6,8-9H,1,7H2,(H,17,21,23). The number of rotatable bonds is 4. The van der Waals surface area contributed by atoms with Gasteiger partial charge in [0.15, 0.2) is 5.11 Å². The van der Waals surface area contributed by atoms with Crippen molar-refractivity contribution in [1.82, 2.24) is 19.8 Å². The number of benzene rings is 1. The van der Waals surface area contributed by atoms with E-state index < -0.39 is 11.8 Å². The molecule has 0 bridgehead atoms. The van der Waals surface area contributed by atoms with Crippen LogP contribution in [0.1, 0.15) is 5.56 Å². The zero-order chi connectivity index (χ0) is 17.1. The number of nitrogens with zero attached hydrogens (tertiary/aromatic N) is 3. The number of carbonyl (C=O) groups is 2. The largest absolute Gasteiger partial charge is 0.298 e. The van der Waals surface area contributed by atoms with Crippen LogP contribution in [0.5, 0.6) is 0 Å². The Labute approximate surface area is 147 Å². The molecule has 120 valence electrons. The first-order valence-electron chi connectivity index (χ1n) is 6.97. The van der Waals surface area contributed by atoms with Gasteiger partial charge in [-0.15, -0.1) is 11.7 Å². The van der Waals surface area contributed by atoms with Crippen LogP contribution in [0.25, 0.3) is 17.3 Å². The van der Waals surface area contributed by atoms with Crippen LogP contribution in [0.2, 0.25) is 0 Å². The Morgan fingerprint density at radius 1 is 1.29 bits per heavy atom. The maximum Gasteiger partial charge on any atom is 0.265 e. The zero-order valence-corrected chi connectivity index (χ0v) is 14.1.